The Morgan fingerprint density at radius 1 is 1.24 bits per heavy atom. The molecule has 0 radical (unpaired) electrons. The molecule has 3 amide bonds. The lowest BCUT2D eigenvalue weighted by molar-refractivity contribution is -0.127. The summed E-state index contributed by atoms with van der Waals surface area (Å²) in [5, 5.41) is 2.23. The minimum Gasteiger partial charge on any atom is -0.493 e. The van der Waals surface area contributed by atoms with E-state index in [1.54, 1.807) is 24.3 Å². The molecule has 0 unspecified atom stereocenters. The first-order chi connectivity index (χ1) is 15.7. The number of amides is 3. The minimum atomic E-state index is -0.526. The summed E-state index contributed by atoms with van der Waals surface area (Å²) in [7, 11) is 1.50. The Kier molecular flexibility index (Phi) is 8.05. The number of anilines is 1. The summed E-state index contributed by atoms with van der Waals surface area (Å²) in [4.78, 5) is 38.8. The normalized spacial score (nSPS) is 14.4. The number of terminal acetylenes is 1. The van der Waals surface area contributed by atoms with Gasteiger partial charge in [-0.2, -0.15) is 0 Å². The molecule has 0 bridgehead atoms. The first-order valence-corrected chi connectivity index (χ1v) is 11.7. The fraction of sp³-hybridized carbons (Fsp3) is 0.208. The monoisotopic (exact) mass is 576 g/mol. The quantitative estimate of drug-likeness (QED) is 0.295. The lowest BCUT2D eigenvalue weighted by atomic mass is 10.1. The molecule has 170 valence electrons. The highest BCUT2D eigenvalue weighted by atomic mass is 127. The highest BCUT2D eigenvalue weighted by molar-refractivity contribution is 14.1. The molecular formula is C24H21IN2O5S. The number of nitrogens with zero attached hydrogens (tertiary/aromatic N) is 1. The molecule has 33 heavy (non-hydrogen) atoms. The van der Waals surface area contributed by atoms with Crippen molar-refractivity contribution in [3.63, 3.8) is 0 Å². The molecule has 1 aliphatic heterocycles. The van der Waals surface area contributed by atoms with Crippen LogP contribution in [0.25, 0.3) is 6.08 Å². The van der Waals surface area contributed by atoms with Gasteiger partial charge in [0.2, 0.25) is 5.91 Å². The van der Waals surface area contributed by atoms with Gasteiger partial charge in [0.1, 0.15) is 13.2 Å². The molecule has 0 saturated carbocycles. The summed E-state index contributed by atoms with van der Waals surface area (Å²) in [6, 6.07) is 8.99. The number of hydrogen-bond acceptors (Lipinski definition) is 6. The maximum absolute atomic E-state index is 12.8. The van der Waals surface area contributed by atoms with Gasteiger partial charge in [-0.15, -0.1) is 6.42 Å². The highest BCUT2D eigenvalue weighted by Gasteiger charge is 2.36. The largest absolute Gasteiger partial charge is 0.493 e. The third-order valence-corrected chi connectivity index (χ3v) is 6.52. The van der Waals surface area contributed by atoms with Crippen LogP contribution in [0.4, 0.5) is 10.5 Å². The molecule has 2 aromatic carbocycles. The summed E-state index contributed by atoms with van der Waals surface area (Å²) in [6.45, 7) is 3.64. The summed E-state index contributed by atoms with van der Waals surface area (Å²) >= 11 is 2.86. The second kappa shape index (κ2) is 10.8. The molecule has 9 heteroatoms. The minimum absolute atomic E-state index is 0.0921. The maximum atomic E-state index is 12.8. The first kappa shape index (κ1) is 24.7. The average Bonchev–Trinajstić information content (AvgIpc) is 3.02. The van der Waals surface area contributed by atoms with Crippen LogP contribution in [0.2, 0.25) is 0 Å². The number of thioether (sulfide) groups is 1. The van der Waals surface area contributed by atoms with Crippen molar-refractivity contribution in [2.24, 2.45) is 0 Å². The van der Waals surface area contributed by atoms with Crippen LogP contribution in [0.15, 0.2) is 35.2 Å². The van der Waals surface area contributed by atoms with E-state index in [2.05, 4.69) is 33.8 Å². The molecule has 1 N–H and O–H groups in total. The summed E-state index contributed by atoms with van der Waals surface area (Å²) in [6.07, 6.45) is 6.84. The van der Waals surface area contributed by atoms with Gasteiger partial charge >= 0.3 is 0 Å². The van der Waals surface area contributed by atoms with Gasteiger partial charge in [0.15, 0.2) is 11.5 Å². The molecule has 0 aliphatic carbocycles. The van der Waals surface area contributed by atoms with Gasteiger partial charge < -0.3 is 14.8 Å². The van der Waals surface area contributed by atoms with E-state index < -0.39 is 17.1 Å². The van der Waals surface area contributed by atoms with Crippen molar-refractivity contribution in [2.75, 3.05) is 25.6 Å². The van der Waals surface area contributed by atoms with E-state index in [4.69, 9.17) is 15.9 Å². The SMILES string of the molecule is C#CCOc1c(I)cc(/C=C2/SC(=O)N(CC(=O)Nc3ccc(C)c(C)c3)C2=O)cc1OC. The number of hydrogen-bond donors (Lipinski definition) is 1. The topological polar surface area (TPSA) is 84.9 Å². The van der Waals surface area contributed by atoms with Crippen LogP contribution >= 0.6 is 34.4 Å². The van der Waals surface area contributed by atoms with E-state index in [0.717, 1.165) is 31.4 Å². The molecule has 1 saturated heterocycles. The molecular weight excluding hydrogens is 555 g/mol. The van der Waals surface area contributed by atoms with Crippen LogP contribution < -0.4 is 14.8 Å². The molecule has 0 aromatic heterocycles. The van der Waals surface area contributed by atoms with Gasteiger partial charge in [0.05, 0.1) is 15.6 Å². The number of carbonyl (C=O) groups excluding carboxylic acids is 3. The van der Waals surface area contributed by atoms with Crippen LogP contribution in [0, 0.1) is 29.8 Å². The van der Waals surface area contributed by atoms with E-state index in [1.807, 2.05) is 26.0 Å². The zero-order valence-electron chi connectivity index (χ0n) is 18.2. The fourth-order valence-electron chi connectivity index (χ4n) is 3.03. The van der Waals surface area contributed by atoms with Crippen LogP contribution in [0.1, 0.15) is 16.7 Å². The fourth-order valence-corrected chi connectivity index (χ4v) is 4.65. The molecule has 1 heterocycles. The van der Waals surface area contributed by atoms with Crippen LogP contribution in [-0.2, 0) is 9.59 Å². The van der Waals surface area contributed by atoms with Gasteiger partial charge in [0.25, 0.3) is 11.1 Å². The van der Waals surface area contributed by atoms with E-state index in [-0.39, 0.29) is 18.1 Å². The van der Waals surface area contributed by atoms with Crippen molar-refractivity contribution in [1.29, 1.82) is 0 Å². The Morgan fingerprint density at radius 2 is 2.00 bits per heavy atom. The predicted octanol–water partition coefficient (Wildman–Crippen LogP) is 4.60. The van der Waals surface area contributed by atoms with E-state index >= 15 is 0 Å². The average molecular weight is 576 g/mol. The standard InChI is InChI=1S/C24H21IN2O5S/c1-5-8-32-22-18(25)10-16(11-19(22)31-4)12-20-23(29)27(24(30)33-20)13-21(28)26-17-7-6-14(2)15(3)9-17/h1,6-7,9-12H,8,13H2,2-4H3,(H,26,28)/b20-12+. The molecule has 0 atom stereocenters. The molecule has 1 aliphatic rings. The second-order valence-electron chi connectivity index (χ2n) is 7.14. The van der Waals surface area contributed by atoms with E-state index in [1.165, 1.54) is 7.11 Å². The Labute approximate surface area is 210 Å². The van der Waals surface area contributed by atoms with E-state index in [9.17, 15) is 14.4 Å². The Balaban J connectivity index is 1.75. The first-order valence-electron chi connectivity index (χ1n) is 9.79. The van der Waals surface area contributed by atoms with Crippen molar-refractivity contribution in [3.8, 4) is 23.8 Å². The third-order valence-electron chi connectivity index (χ3n) is 4.82. The zero-order valence-corrected chi connectivity index (χ0v) is 21.2. The number of nitrogens with one attached hydrogen (secondary N) is 1. The number of ether oxygens (including phenoxy) is 2. The number of aryl methyl sites for hydroxylation is 2. The van der Waals surface area contributed by atoms with Gasteiger partial charge in [-0.1, -0.05) is 12.0 Å². The third kappa shape index (κ3) is 5.89. The molecule has 1 fully saturated rings. The Morgan fingerprint density at radius 3 is 2.67 bits per heavy atom. The van der Waals surface area contributed by atoms with Gasteiger partial charge in [-0.05, 0) is 95.2 Å². The predicted molar refractivity (Wildman–Crippen MR) is 137 cm³/mol. The lowest BCUT2D eigenvalue weighted by Crippen LogP contribution is -2.36. The van der Waals surface area contributed by atoms with Gasteiger partial charge in [-0.3, -0.25) is 19.3 Å². The number of benzene rings is 2. The lowest BCUT2D eigenvalue weighted by Gasteiger charge is -2.13. The highest BCUT2D eigenvalue weighted by Crippen LogP contribution is 2.37. The van der Waals surface area contributed by atoms with Crippen LogP contribution in [0.3, 0.4) is 0 Å². The van der Waals surface area contributed by atoms with Crippen LogP contribution in [-0.4, -0.2) is 42.2 Å². The zero-order chi connectivity index (χ0) is 24.1. The smallest absolute Gasteiger partial charge is 0.294 e. The Bertz CT molecular complexity index is 1200. The maximum Gasteiger partial charge on any atom is 0.294 e. The number of methoxy groups -OCH3 is 1. The molecule has 2 aromatic rings. The summed E-state index contributed by atoms with van der Waals surface area (Å²) < 4.78 is 11.6. The van der Waals surface area contributed by atoms with Crippen molar-refractivity contribution in [3.05, 3.63) is 55.5 Å². The van der Waals surface area contributed by atoms with Gasteiger partial charge in [-0.25, -0.2) is 0 Å². The van der Waals surface area contributed by atoms with Crippen molar-refractivity contribution >= 4 is 63.2 Å². The van der Waals surface area contributed by atoms with E-state index in [0.29, 0.717) is 22.7 Å². The van der Waals surface area contributed by atoms with Crippen molar-refractivity contribution < 1.29 is 23.9 Å². The Hall–Kier alpha value is -2.97. The summed E-state index contributed by atoms with van der Waals surface area (Å²) in [5.74, 6) is 2.38. The second-order valence-corrected chi connectivity index (χ2v) is 9.30. The van der Waals surface area contributed by atoms with Crippen molar-refractivity contribution in [1.82, 2.24) is 4.90 Å². The van der Waals surface area contributed by atoms with Crippen LogP contribution in [0.5, 0.6) is 11.5 Å². The summed E-state index contributed by atoms with van der Waals surface area (Å²) in [5.41, 5.74) is 3.39. The van der Waals surface area contributed by atoms with Crippen molar-refractivity contribution in [2.45, 2.75) is 13.8 Å². The molecule has 3 rings (SSSR count). The number of rotatable bonds is 7. The van der Waals surface area contributed by atoms with Gasteiger partial charge in [0, 0.05) is 5.69 Å². The molecule has 7 nitrogen and oxygen atoms in total. The number of imide groups is 1. The number of carbonyl (C=O) groups is 3. The number of halogens is 1. The molecule has 0 spiro atoms.